The summed E-state index contributed by atoms with van der Waals surface area (Å²) in [7, 11) is 0. The molecular formula is C17H24N2O. The van der Waals surface area contributed by atoms with Crippen molar-refractivity contribution in [3.8, 4) is 0 Å². The normalized spacial score (nSPS) is 21.4. The Morgan fingerprint density at radius 2 is 2.10 bits per heavy atom. The first-order valence-corrected chi connectivity index (χ1v) is 7.64. The number of nitrogens with zero attached hydrogens (tertiary/aromatic N) is 1. The molecular weight excluding hydrogens is 248 g/mol. The minimum Gasteiger partial charge on any atom is -0.371 e. The lowest BCUT2D eigenvalue weighted by molar-refractivity contribution is -0.129. The lowest BCUT2D eigenvalue weighted by Gasteiger charge is -2.40. The fourth-order valence-corrected chi connectivity index (χ4v) is 3.24. The van der Waals surface area contributed by atoms with Crippen molar-refractivity contribution in [2.75, 3.05) is 18.0 Å². The highest BCUT2D eigenvalue weighted by atomic mass is 16.2. The second-order valence-corrected chi connectivity index (χ2v) is 7.01. The number of amides is 1. The van der Waals surface area contributed by atoms with Crippen molar-refractivity contribution in [3.05, 3.63) is 29.3 Å². The number of nitrogens with one attached hydrogen (secondary N) is 1. The minimum absolute atomic E-state index is 0.143. The van der Waals surface area contributed by atoms with Crippen molar-refractivity contribution in [2.24, 2.45) is 5.41 Å². The zero-order chi connectivity index (χ0) is 14.3. The molecule has 0 bridgehead atoms. The molecule has 20 heavy (non-hydrogen) atoms. The van der Waals surface area contributed by atoms with Gasteiger partial charge in [-0.2, -0.15) is 0 Å². The van der Waals surface area contributed by atoms with Gasteiger partial charge in [0.2, 0.25) is 5.91 Å². The molecule has 0 saturated carbocycles. The van der Waals surface area contributed by atoms with E-state index in [1.165, 1.54) is 29.7 Å². The summed E-state index contributed by atoms with van der Waals surface area (Å²) in [5.41, 5.74) is 3.82. The van der Waals surface area contributed by atoms with E-state index >= 15 is 0 Å². The predicted octanol–water partition coefficient (Wildman–Crippen LogP) is 3.05. The molecule has 0 fully saturated rings. The fourth-order valence-electron chi connectivity index (χ4n) is 3.24. The van der Waals surface area contributed by atoms with Crippen LogP contribution in [0.5, 0.6) is 0 Å². The molecule has 0 saturated heterocycles. The van der Waals surface area contributed by atoms with Crippen LogP contribution in [0.2, 0.25) is 0 Å². The van der Waals surface area contributed by atoms with Crippen LogP contribution in [0.1, 0.15) is 50.8 Å². The van der Waals surface area contributed by atoms with Crippen molar-refractivity contribution in [1.82, 2.24) is 5.32 Å². The molecule has 0 aliphatic carbocycles. The van der Waals surface area contributed by atoms with E-state index in [0.29, 0.717) is 0 Å². The largest absolute Gasteiger partial charge is 0.371 e. The van der Waals surface area contributed by atoms with Gasteiger partial charge in [0.25, 0.3) is 0 Å². The van der Waals surface area contributed by atoms with Crippen LogP contribution >= 0.6 is 0 Å². The molecule has 0 aromatic heterocycles. The summed E-state index contributed by atoms with van der Waals surface area (Å²) in [4.78, 5) is 14.8. The molecule has 2 aliphatic heterocycles. The molecule has 1 N–H and O–H groups in total. The summed E-state index contributed by atoms with van der Waals surface area (Å²) in [6.07, 6.45) is 3.42. The predicted molar refractivity (Wildman–Crippen MR) is 81.9 cm³/mol. The van der Waals surface area contributed by atoms with Gasteiger partial charge in [-0.05, 0) is 30.4 Å². The van der Waals surface area contributed by atoms with Crippen LogP contribution < -0.4 is 10.2 Å². The highest BCUT2D eigenvalue weighted by Gasteiger charge is 2.32. The molecule has 3 rings (SSSR count). The SMILES string of the molecule is CC(C)(C)C(=O)N[C@H]1CCN2CCCc3cccc1c32. The average molecular weight is 272 g/mol. The van der Waals surface area contributed by atoms with Gasteiger partial charge in [-0.15, -0.1) is 0 Å². The van der Waals surface area contributed by atoms with E-state index < -0.39 is 0 Å². The lowest BCUT2D eigenvalue weighted by atomic mass is 9.88. The van der Waals surface area contributed by atoms with Crippen LogP contribution in [0, 0.1) is 5.41 Å². The van der Waals surface area contributed by atoms with E-state index in [9.17, 15) is 4.79 Å². The van der Waals surface area contributed by atoms with Crippen molar-refractivity contribution < 1.29 is 4.79 Å². The Bertz CT molecular complexity index is 530. The topological polar surface area (TPSA) is 32.3 Å². The zero-order valence-corrected chi connectivity index (χ0v) is 12.7. The van der Waals surface area contributed by atoms with E-state index in [0.717, 1.165) is 19.5 Å². The fraction of sp³-hybridized carbons (Fsp3) is 0.588. The van der Waals surface area contributed by atoms with Crippen molar-refractivity contribution >= 4 is 11.6 Å². The summed E-state index contributed by atoms with van der Waals surface area (Å²) in [6.45, 7) is 8.12. The maximum Gasteiger partial charge on any atom is 0.225 e. The van der Waals surface area contributed by atoms with E-state index in [1.807, 2.05) is 20.8 Å². The van der Waals surface area contributed by atoms with Crippen LogP contribution in [0.3, 0.4) is 0 Å². The van der Waals surface area contributed by atoms with E-state index in [-0.39, 0.29) is 17.4 Å². The van der Waals surface area contributed by atoms with Crippen molar-refractivity contribution in [2.45, 2.75) is 46.1 Å². The average Bonchev–Trinajstić information content (AvgIpc) is 2.41. The zero-order valence-electron chi connectivity index (χ0n) is 12.7. The number of hydrogen-bond donors (Lipinski definition) is 1. The molecule has 1 aromatic rings. The van der Waals surface area contributed by atoms with Gasteiger partial charge in [0.05, 0.1) is 6.04 Å². The minimum atomic E-state index is -0.327. The maximum atomic E-state index is 12.3. The van der Waals surface area contributed by atoms with E-state index in [2.05, 4.69) is 28.4 Å². The first-order valence-electron chi connectivity index (χ1n) is 7.64. The number of aryl methyl sites for hydroxylation is 1. The van der Waals surface area contributed by atoms with Crippen LogP contribution in [0.4, 0.5) is 5.69 Å². The Balaban J connectivity index is 1.91. The Morgan fingerprint density at radius 1 is 1.30 bits per heavy atom. The Morgan fingerprint density at radius 3 is 2.85 bits per heavy atom. The van der Waals surface area contributed by atoms with Gasteiger partial charge in [0.1, 0.15) is 0 Å². The molecule has 3 heteroatoms. The smallest absolute Gasteiger partial charge is 0.225 e. The molecule has 0 spiro atoms. The van der Waals surface area contributed by atoms with Gasteiger partial charge >= 0.3 is 0 Å². The van der Waals surface area contributed by atoms with Gasteiger partial charge in [0.15, 0.2) is 0 Å². The first-order chi connectivity index (χ1) is 9.47. The quantitative estimate of drug-likeness (QED) is 0.852. The number of rotatable bonds is 1. The summed E-state index contributed by atoms with van der Waals surface area (Å²) in [6, 6.07) is 6.73. The van der Waals surface area contributed by atoms with Crippen LogP contribution in [0.25, 0.3) is 0 Å². The molecule has 0 radical (unpaired) electrons. The molecule has 1 atom stereocenters. The molecule has 3 nitrogen and oxygen atoms in total. The standard InChI is InChI=1S/C17H24N2O/c1-17(2,3)16(20)18-14-9-11-19-10-5-7-12-6-4-8-13(14)15(12)19/h4,6,8,14H,5,7,9-11H2,1-3H3,(H,18,20)/t14-/m0/s1. The van der Waals surface area contributed by atoms with Gasteiger partial charge in [-0.25, -0.2) is 0 Å². The summed E-state index contributed by atoms with van der Waals surface area (Å²) < 4.78 is 0. The summed E-state index contributed by atoms with van der Waals surface area (Å²) >= 11 is 0. The molecule has 1 aromatic carbocycles. The number of anilines is 1. The van der Waals surface area contributed by atoms with Crippen LogP contribution in [0.15, 0.2) is 18.2 Å². The molecule has 2 heterocycles. The Labute approximate surface area is 121 Å². The summed E-state index contributed by atoms with van der Waals surface area (Å²) in [5, 5.41) is 3.25. The Hall–Kier alpha value is -1.51. The number of carbonyl (C=O) groups excluding carboxylic acids is 1. The summed E-state index contributed by atoms with van der Waals surface area (Å²) in [5.74, 6) is 0.143. The van der Waals surface area contributed by atoms with E-state index in [4.69, 9.17) is 0 Å². The molecule has 1 amide bonds. The molecule has 108 valence electrons. The lowest BCUT2D eigenvalue weighted by Crippen LogP contribution is -2.43. The third-order valence-corrected chi connectivity index (χ3v) is 4.39. The Kier molecular flexibility index (Phi) is 3.23. The number of hydrogen-bond acceptors (Lipinski definition) is 2. The number of para-hydroxylation sites is 1. The van der Waals surface area contributed by atoms with Crippen LogP contribution in [-0.2, 0) is 11.2 Å². The second-order valence-electron chi connectivity index (χ2n) is 7.01. The third kappa shape index (κ3) is 2.30. The van der Waals surface area contributed by atoms with Crippen molar-refractivity contribution in [1.29, 1.82) is 0 Å². The highest BCUT2D eigenvalue weighted by Crippen LogP contribution is 2.39. The van der Waals surface area contributed by atoms with Crippen molar-refractivity contribution in [3.63, 3.8) is 0 Å². The van der Waals surface area contributed by atoms with Gasteiger partial charge in [0, 0.05) is 24.2 Å². The van der Waals surface area contributed by atoms with Crippen LogP contribution in [-0.4, -0.2) is 19.0 Å². The number of benzene rings is 1. The maximum absolute atomic E-state index is 12.3. The molecule has 0 unspecified atom stereocenters. The first kappa shape index (κ1) is 13.5. The third-order valence-electron chi connectivity index (χ3n) is 4.39. The van der Waals surface area contributed by atoms with Gasteiger partial charge in [-0.1, -0.05) is 39.0 Å². The van der Waals surface area contributed by atoms with Gasteiger partial charge < -0.3 is 10.2 Å². The highest BCUT2D eigenvalue weighted by molar-refractivity contribution is 5.82. The molecule has 2 aliphatic rings. The second kappa shape index (κ2) is 4.80. The number of carbonyl (C=O) groups is 1. The van der Waals surface area contributed by atoms with Gasteiger partial charge in [-0.3, -0.25) is 4.79 Å². The van der Waals surface area contributed by atoms with E-state index in [1.54, 1.807) is 0 Å². The monoisotopic (exact) mass is 272 g/mol.